The standard InChI is InChI=1S/C30H40Si/c1-7-9-11-23(8-2)20-31(21(3)4,22(5)6)28-19-17-26-15-14-24-12-10-13-25-16-18-27(28)30(26)29(24)25/h10,12-19,21-23H,7-9,11,20H2,1-6H3. The van der Waals surface area contributed by atoms with Gasteiger partial charge in [-0.1, -0.05) is 127 Å². The van der Waals surface area contributed by atoms with Gasteiger partial charge in [-0.15, -0.1) is 0 Å². The van der Waals surface area contributed by atoms with Crippen molar-refractivity contribution in [2.45, 2.75) is 84.4 Å². The van der Waals surface area contributed by atoms with E-state index in [0.717, 1.165) is 17.0 Å². The second-order valence-corrected chi connectivity index (χ2v) is 15.8. The maximum atomic E-state index is 2.54. The molecule has 1 unspecified atom stereocenters. The van der Waals surface area contributed by atoms with Crippen LogP contribution in [0.25, 0.3) is 32.3 Å². The molecule has 1 atom stereocenters. The number of unbranched alkanes of at least 4 members (excludes halogenated alkanes) is 1. The number of benzene rings is 4. The van der Waals surface area contributed by atoms with E-state index in [1.54, 1.807) is 10.6 Å². The van der Waals surface area contributed by atoms with Crippen LogP contribution < -0.4 is 5.19 Å². The molecule has 1 heteroatoms. The Balaban J connectivity index is 1.99. The molecule has 0 nitrogen and oxygen atoms in total. The van der Waals surface area contributed by atoms with Gasteiger partial charge >= 0.3 is 0 Å². The Morgan fingerprint density at radius 3 is 1.87 bits per heavy atom. The van der Waals surface area contributed by atoms with Crippen LogP contribution in [-0.2, 0) is 0 Å². The van der Waals surface area contributed by atoms with Crippen LogP contribution in [0.2, 0.25) is 17.1 Å². The molecule has 0 radical (unpaired) electrons. The van der Waals surface area contributed by atoms with Crippen LogP contribution in [-0.4, -0.2) is 8.07 Å². The Hall–Kier alpha value is -1.86. The summed E-state index contributed by atoms with van der Waals surface area (Å²) in [7, 11) is -1.75. The van der Waals surface area contributed by atoms with Crippen LogP contribution in [0.15, 0.2) is 54.6 Å². The van der Waals surface area contributed by atoms with Crippen LogP contribution in [0, 0.1) is 5.92 Å². The Bertz CT molecular complexity index is 1130. The Morgan fingerprint density at radius 1 is 0.710 bits per heavy atom. The van der Waals surface area contributed by atoms with Gasteiger partial charge in [0, 0.05) is 0 Å². The zero-order valence-electron chi connectivity index (χ0n) is 20.5. The van der Waals surface area contributed by atoms with Crippen LogP contribution in [0.5, 0.6) is 0 Å². The third-order valence-electron chi connectivity index (χ3n) is 8.26. The smallest absolute Gasteiger partial charge is 0.0654 e. The molecule has 0 aliphatic carbocycles. The summed E-state index contributed by atoms with van der Waals surface area (Å²) < 4.78 is 0. The lowest BCUT2D eigenvalue weighted by atomic mass is 9.94. The molecule has 0 saturated heterocycles. The Labute approximate surface area is 190 Å². The summed E-state index contributed by atoms with van der Waals surface area (Å²) in [5.41, 5.74) is 1.48. The molecule has 0 aromatic heterocycles. The molecule has 0 fully saturated rings. The first-order valence-electron chi connectivity index (χ1n) is 12.6. The molecule has 0 amide bonds. The maximum Gasteiger partial charge on any atom is 0.0928 e. The second kappa shape index (κ2) is 8.94. The second-order valence-electron chi connectivity index (χ2n) is 10.4. The fourth-order valence-electron chi connectivity index (χ4n) is 6.43. The predicted octanol–water partition coefficient (Wildman–Crippen LogP) is 9.28. The Morgan fingerprint density at radius 2 is 1.29 bits per heavy atom. The van der Waals surface area contributed by atoms with E-state index in [0.29, 0.717) is 0 Å². The van der Waals surface area contributed by atoms with Gasteiger partial charge in [0.2, 0.25) is 0 Å². The average Bonchev–Trinajstić information content (AvgIpc) is 2.77. The molecule has 4 aromatic rings. The molecule has 4 rings (SSSR count). The summed E-state index contributed by atoms with van der Waals surface area (Å²) in [4.78, 5) is 0. The summed E-state index contributed by atoms with van der Waals surface area (Å²) in [6, 6.07) is 22.6. The van der Waals surface area contributed by atoms with Gasteiger partial charge in [0.25, 0.3) is 0 Å². The minimum atomic E-state index is -1.75. The molecule has 4 aromatic carbocycles. The highest BCUT2D eigenvalue weighted by Crippen LogP contribution is 2.43. The van der Waals surface area contributed by atoms with E-state index in [1.165, 1.54) is 58.7 Å². The van der Waals surface area contributed by atoms with Crippen molar-refractivity contribution in [2.24, 2.45) is 5.92 Å². The number of rotatable bonds is 9. The lowest BCUT2D eigenvalue weighted by Crippen LogP contribution is -2.54. The van der Waals surface area contributed by atoms with Gasteiger partial charge in [-0.25, -0.2) is 0 Å². The van der Waals surface area contributed by atoms with Crippen LogP contribution in [0.4, 0.5) is 0 Å². The van der Waals surface area contributed by atoms with Crippen LogP contribution in [0.1, 0.15) is 67.2 Å². The Kier molecular flexibility index (Phi) is 6.44. The fourth-order valence-corrected chi connectivity index (χ4v) is 12.7. The lowest BCUT2D eigenvalue weighted by Gasteiger charge is -2.43. The van der Waals surface area contributed by atoms with Gasteiger partial charge in [-0.3, -0.25) is 0 Å². The van der Waals surface area contributed by atoms with E-state index < -0.39 is 8.07 Å². The van der Waals surface area contributed by atoms with Gasteiger partial charge in [0.05, 0.1) is 8.07 Å². The minimum absolute atomic E-state index is 0.738. The average molecular weight is 429 g/mol. The third kappa shape index (κ3) is 3.69. The minimum Gasteiger partial charge on any atom is -0.0654 e. The SMILES string of the molecule is CCCCC(CC)C[Si](c1ccc2ccc3cccc4ccc1c2c34)(C(C)C)C(C)C. The van der Waals surface area contributed by atoms with E-state index in [1.807, 2.05) is 0 Å². The van der Waals surface area contributed by atoms with E-state index in [9.17, 15) is 0 Å². The highest BCUT2D eigenvalue weighted by atomic mass is 28.3. The topological polar surface area (TPSA) is 0 Å². The number of hydrogen-bond donors (Lipinski definition) is 0. The maximum absolute atomic E-state index is 2.54. The van der Waals surface area contributed by atoms with Gasteiger partial charge in [0.1, 0.15) is 0 Å². The van der Waals surface area contributed by atoms with Crippen molar-refractivity contribution in [3.05, 3.63) is 54.6 Å². The first-order valence-corrected chi connectivity index (χ1v) is 15.0. The third-order valence-corrected chi connectivity index (χ3v) is 15.1. The molecule has 164 valence electrons. The molecule has 0 heterocycles. The zero-order valence-corrected chi connectivity index (χ0v) is 21.5. The van der Waals surface area contributed by atoms with Crippen molar-refractivity contribution >= 4 is 45.6 Å². The van der Waals surface area contributed by atoms with Crippen molar-refractivity contribution in [1.82, 2.24) is 0 Å². The molecular weight excluding hydrogens is 388 g/mol. The summed E-state index contributed by atoms with van der Waals surface area (Å²) in [6.07, 6.45) is 5.40. The van der Waals surface area contributed by atoms with E-state index in [2.05, 4.69) is 96.1 Å². The van der Waals surface area contributed by atoms with E-state index in [-0.39, 0.29) is 0 Å². The van der Waals surface area contributed by atoms with Gasteiger partial charge < -0.3 is 0 Å². The van der Waals surface area contributed by atoms with Crippen LogP contribution >= 0.6 is 0 Å². The van der Waals surface area contributed by atoms with Crippen molar-refractivity contribution in [3.8, 4) is 0 Å². The monoisotopic (exact) mass is 428 g/mol. The summed E-state index contributed by atoms with van der Waals surface area (Å²) in [5.74, 6) is 0.856. The molecule has 0 aliphatic heterocycles. The van der Waals surface area contributed by atoms with Crippen molar-refractivity contribution < 1.29 is 0 Å². The van der Waals surface area contributed by atoms with E-state index in [4.69, 9.17) is 0 Å². The first kappa shape index (κ1) is 22.3. The predicted molar refractivity (Wildman–Crippen MR) is 144 cm³/mol. The molecule has 0 saturated carbocycles. The summed E-state index contributed by atoms with van der Waals surface area (Å²) >= 11 is 0. The summed E-state index contributed by atoms with van der Waals surface area (Å²) in [6.45, 7) is 14.9. The molecule has 0 spiro atoms. The van der Waals surface area contributed by atoms with Gasteiger partial charge in [-0.05, 0) is 55.4 Å². The van der Waals surface area contributed by atoms with E-state index >= 15 is 0 Å². The van der Waals surface area contributed by atoms with Crippen molar-refractivity contribution in [3.63, 3.8) is 0 Å². The normalized spacial score (nSPS) is 13.9. The van der Waals surface area contributed by atoms with Gasteiger partial charge in [-0.2, -0.15) is 0 Å². The lowest BCUT2D eigenvalue weighted by molar-refractivity contribution is 0.482. The van der Waals surface area contributed by atoms with Gasteiger partial charge in [0.15, 0.2) is 0 Å². The quantitative estimate of drug-likeness (QED) is 0.184. The number of hydrogen-bond acceptors (Lipinski definition) is 0. The summed E-state index contributed by atoms with van der Waals surface area (Å²) in [5, 5.41) is 10.4. The van der Waals surface area contributed by atoms with Crippen LogP contribution in [0.3, 0.4) is 0 Å². The molecule has 31 heavy (non-hydrogen) atoms. The molecular formula is C30H40Si. The highest BCUT2D eigenvalue weighted by molar-refractivity contribution is 6.95. The largest absolute Gasteiger partial charge is 0.0928 e. The first-order chi connectivity index (χ1) is 14.9. The molecule has 0 N–H and O–H groups in total. The van der Waals surface area contributed by atoms with Crippen molar-refractivity contribution in [2.75, 3.05) is 0 Å². The molecule has 0 bridgehead atoms. The van der Waals surface area contributed by atoms with Crippen molar-refractivity contribution in [1.29, 1.82) is 0 Å². The highest BCUT2D eigenvalue weighted by Gasteiger charge is 2.43. The fraction of sp³-hybridized carbons (Fsp3) is 0.467. The zero-order chi connectivity index (χ0) is 22.2. The molecule has 0 aliphatic rings.